The third kappa shape index (κ3) is 2.96. The van der Waals surface area contributed by atoms with Gasteiger partial charge in [-0.05, 0) is 37.0 Å². The predicted octanol–water partition coefficient (Wildman–Crippen LogP) is 1.80. The van der Waals surface area contributed by atoms with Gasteiger partial charge in [-0.15, -0.1) is 0 Å². The molecule has 4 unspecified atom stereocenters. The summed E-state index contributed by atoms with van der Waals surface area (Å²) in [5.74, 6) is 1.56. The fourth-order valence-corrected chi connectivity index (χ4v) is 2.46. The second-order valence-electron chi connectivity index (χ2n) is 4.64. The van der Waals surface area contributed by atoms with Gasteiger partial charge in [-0.2, -0.15) is 0 Å². The van der Waals surface area contributed by atoms with E-state index in [2.05, 4.69) is 13.8 Å². The first-order valence-corrected chi connectivity index (χ1v) is 5.44. The van der Waals surface area contributed by atoms with Crippen LogP contribution in [0, 0.1) is 17.8 Å². The van der Waals surface area contributed by atoms with Crippen LogP contribution in [0.4, 0.5) is 0 Å². The van der Waals surface area contributed by atoms with E-state index in [-0.39, 0.29) is 12.7 Å². The van der Waals surface area contributed by atoms with E-state index >= 15 is 0 Å². The van der Waals surface area contributed by atoms with Gasteiger partial charge in [-0.1, -0.05) is 20.3 Å². The van der Waals surface area contributed by atoms with Crippen molar-refractivity contribution in [1.29, 1.82) is 0 Å². The Morgan fingerprint density at radius 3 is 2.62 bits per heavy atom. The van der Waals surface area contributed by atoms with E-state index < -0.39 is 0 Å². The Bertz CT molecular complexity index is 143. The summed E-state index contributed by atoms with van der Waals surface area (Å²) in [5.41, 5.74) is 0. The van der Waals surface area contributed by atoms with Gasteiger partial charge in [-0.25, -0.2) is 0 Å². The maximum Gasteiger partial charge on any atom is 0.0573 e. The summed E-state index contributed by atoms with van der Waals surface area (Å²) in [4.78, 5) is 0. The van der Waals surface area contributed by atoms with Crippen LogP contribution in [0.15, 0.2) is 0 Å². The maximum absolute atomic E-state index is 9.85. The van der Waals surface area contributed by atoms with E-state index in [0.717, 1.165) is 19.3 Å². The molecule has 4 atom stereocenters. The molecule has 1 aliphatic carbocycles. The van der Waals surface area contributed by atoms with Crippen LogP contribution < -0.4 is 0 Å². The molecule has 1 fully saturated rings. The monoisotopic (exact) mass is 186 g/mol. The molecule has 1 aliphatic rings. The molecule has 0 spiro atoms. The second kappa shape index (κ2) is 4.97. The number of hydrogen-bond acceptors (Lipinski definition) is 2. The van der Waals surface area contributed by atoms with Crippen molar-refractivity contribution in [3.8, 4) is 0 Å². The number of hydrogen-bond donors (Lipinski definition) is 2. The lowest BCUT2D eigenvalue weighted by Crippen LogP contribution is -2.33. The average molecular weight is 186 g/mol. The topological polar surface area (TPSA) is 40.5 Å². The van der Waals surface area contributed by atoms with Crippen LogP contribution >= 0.6 is 0 Å². The van der Waals surface area contributed by atoms with Crippen molar-refractivity contribution >= 4 is 0 Å². The highest BCUT2D eigenvalue weighted by Gasteiger charge is 2.30. The third-order valence-corrected chi connectivity index (χ3v) is 3.45. The van der Waals surface area contributed by atoms with E-state index in [1.807, 2.05) is 0 Å². The van der Waals surface area contributed by atoms with E-state index in [1.165, 1.54) is 6.42 Å². The molecule has 0 aromatic rings. The van der Waals surface area contributed by atoms with Crippen LogP contribution in [0.5, 0.6) is 0 Å². The largest absolute Gasteiger partial charge is 0.396 e. The number of aliphatic hydroxyl groups is 2. The summed E-state index contributed by atoms with van der Waals surface area (Å²) >= 11 is 0. The Kier molecular flexibility index (Phi) is 4.20. The lowest BCUT2D eigenvalue weighted by atomic mass is 9.74. The smallest absolute Gasteiger partial charge is 0.0573 e. The van der Waals surface area contributed by atoms with E-state index in [0.29, 0.717) is 17.8 Å². The maximum atomic E-state index is 9.85. The highest BCUT2D eigenvalue weighted by molar-refractivity contribution is 4.81. The summed E-state index contributed by atoms with van der Waals surface area (Å²) in [6.45, 7) is 4.59. The first kappa shape index (κ1) is 11.0. The van der Waals surface area contributed by atoms with Crippen LogP contribution in [-0.2, 0) is 0 Å². The van der Waals surface area contributed by atoms with Gasteiger partial charge >= 0.3 is 0 Å². The van der Waals surface area contributed by atoms with Crippen LogP contribution in [0.25, 0.3) is 0 Å². The molecule has 0 heterocycles. The normalized spacial score (nSPS) is 37.4. The Hall–Kier alpha value is -0.0800. The fourth-order valence-electron chi connectivity index (χ4n) is 2.46. The number of aliphatic hydroxyl groups excluding tert-OH is 2. The van der Waals surface area contributed by atoms with Crippen molar-refractivity contribution in [2.45, 2.75) is 45.6 Å². The molecule has 0 saturated heterocycles. The van der Waals surface area contributed by atoms with Crippen LogP contribution in [0.3, 0.4) is 0 Å². The quantitative estimate of drug-likeness (QED) is 0.705. The molecule has 1 saturated carbocycles. The summed E-state index contributed by atoms with van der Waals surface area (Å²) in [6, 6.07) is 0. The highest BCUT2D eigenvalue weighted by Crippen LogP contribution is 2.34. The molecule has 0 aliphatic heterocycles. The minimum atomic E-state index is -0.134. The molecular formula is C11H22O2. The zero-order valence-electron chi connectivity index (χ0n) is 8.74. The first-order chi connectivity index (χ1) is 6.15. The lowest BCUT2D eigenvalue weighted by molar-refractivity contribution is 0.0170. The molecule has 0 radical (unpaired) electrons. The molecular weight excluding hydrogens is 164 g/mol. The van der Waals surface area contributed by atoms with Crippen molar-refractivity contribution in [2.24, 2.45) is 17.8 Å². The van der Waals surface area contributed by atoms with Gasteiger partial charge in [0.05, 0.1) is 6.10 Å². The Morgan fingerprint density at radius 2 is 2.08 bits per heavy atom. The minimum absolute atomic E-state index is 0.134. The first-order valence-electron chi connectivity index (χ1n) is 5.44. The van der Waals surface area contributed by atoms with Gasteiger partial charge in [0.15, 0.2) is 0 Å². The molecule has 2 heteroatoms. The second-order valence-corrected chi connectivity index (χ2v) is 4.64. The summed E-state index contributed by atoms with van der Waals surface area (Å²) in [7, 11) is 0. The van der Waals surface area contributed by atoms with Gasteiger partial charge in [0, 0.05) is 6.61 Å². The van der Waals surface area contributed by atoms with Crippen LogP contribution in [0.2, 0.25) is 0 Å². The molecule has 78 valence electrons. The lowest BCUT2D eigenvalue weighted by Gasteiger charge is -2.35. The zero-order chi connectivity index (χ0) is 9.84. The molecule has 0 amide bonds. The van der Waals surface area contributed by atoms with E-state index in [9.17, 15) is 5.11 Å². The molecule has 0 bridgehead atoms. The zero-order valence-corrected chi connectivity index (χ0v) is 8.74. The van der Waals surface area contributed by atoms with E-state index in [1.54, 1.807) is 0 Å². The van der Waals surface area contributed by atoms with Gasteiger partial charge in [0.2, 0.25) is 0 Å². The SMILES string of the molecule is CC1CCC(C(C)CCO)C(O)C1. The molecule has 0 aromatic heterocycles. The Morgan fingerprint density at radius 1 is 1.38 bits per heavy atom. The van der Waals surface area contributed by atoms with Crippen molar-refractivity contribution in [2.75, 3.05) is 6.61 Å². The van der Waals surface area contributed by atoms with Crippen molar-refractivity contribution in [1.82, 2.24) is 0 Å². The summed E-state index contributed by atoms with van der Waals surface area (Å²) in [5, 5.41) is 18.7. The summed E-state index contributed by atoms with van der Waals surface area (Å²) in [6.07, 6.45) is 4.00. The fraction of sp³-hybridized carbons (Fsp3) is 1.00. The number of rotatable bonds is 3. The van der Waals surface area contributed by atoms with Crippen molar-refractivity contribution < 1.29 is 10.2 Å². The third-order valence-electron chi connectivity index (χ3n) is 3.45. The van der Waals surface area contributed by atoms with Crippen molar-refractivity contribution in [3.05, 3.63) is 0 Å². The van der Waals surface area contributed by atoms with Gasteiger partial charge in [-0.3, -0.25) is 0 Å². The molecule has 0 aromatic carbocycles. The van der Waals surface area contributed by atoms with Gasteiger partial charge < -0.3 is 10.2 Å². The Labute approximate surface area is 81.0 Å². The van der Waals surface area contributed by atoms with Crippen LogP contribution in [0.1, 0.15) is 39.5 Å². The van der Waals surface area contributed by atoms with Crippen LogP contribution in [-0.4, -0.2) is 22.9 Å². The van der Waals surface area contributed by atoms with E-state index in [4.69, 9.17) is 5.11 Å². The predicted molar refractivity (Wildman–Crippen MR) is 53.4 cm³/mol. The molecule has 2 nitrogen and oxygen atoms in total. The summed E-state index contributed by atoms with van der Waals surface area (Å²) < 4.78 is 0. The molecule has 1 rings (SSSR count). The average Bonchev–Trinajstić information content (AvgIpc) is 2.04. The van der Waals surface area contributed by atoms with Gasteiger partial charge in [0.1, 0.15) is 0 Å². The standard InChI is InChI=1S/C11H22O2/c1-8-3-4-10(11(13)7-8)9(2)5-6-12/h8-13H,3-7H2,1-2H3. The molecule has 13 heavy (non-hydrogen) atoms. The minimum Gasteiger partial charge on any atom is -0.396 e. The van der Waals surface area contributed by atoms with Gasteiger partial charge in [0.25, 0.3) is 0 Å². The van der Waals surface area contributed by atoms with Crippen molar-refractivity contribution in [3.63, 3.8) is 0 Å². The highest BCUT2D eigenvalue weighted by atomic mass is 16.3. The molecule has 2 N–H and O–H groups in total. The Balaban J connectivity index is 2.40.